The molecule has 1 N–H and O–H groups in total. The molecule has 0 aliphatic heterocycles. The number of hydrogen-bond donors (Lipinski definition) is 1. The normalized spacial score (nSPS) is 12.6. The minimum absolute atomic E-state index is 0.0604. The van der Waals surface area contributed by atoms with Crippen molar-refractivity contribution in [3.8, 4) is 11.5 Å². The van der Waals surface area contributed by atoms with Crippen LogP contribution < -0.4 is 5.32 Å². The molecule has 1 atom stereocenters. The molecular formula is C23H26N2O2. The number of oxazole rings is 1. The van der Waals surface area contributed by atoms with Gasteiger partial charge in [0.05, 0.1) is 18.2 Å². The van der Waals surface area contributed by atoms with Gasteiger partial charge in [0.1, 0.15) is 5.76 Å². The third kappa shape index (κ3) is 4.64. The van der Waals surface area contributed by atoms with Crippen LogP contribution in [0.25, 0.3) is 11.5 Å². The predicted molar refractivity (Wildman–Crippen MR) is 107 cm³/mol. The number of carbonyl (C=O) groups is 1. The van der Waals surface area contributed by atoms with Crippen LogP contribution in [0, 0.1) is 12.3 Å². The van der Waals surface area contributed by atoms with E-state index in [-0.39, 0.29) is 23.8 Å². The summed E-state index contributed by atoms with van der Waals surface area (Å²) in [5, 5.41) is 3.18. The largest absolute Gasteiger partial charge is 0.441 e. The molecule has 4 nitrogen and oxygen atoms in total. The summed E-state index contributed by atoms with van der Waals surface area (Å²) in [7, 11) is 0. The number of hydrogen-bond acceptors (Lipinski definition) is 3. The predicted octanol–water partition coefficient (Wildman–Crippen LogP) is 5.10. The molecule has 2 aromatic carbocycles. The highest BCUT2D eigenvalue weighted by atomic mass is 16.4. The fourth-order valence-corrected chi connectivity index (χ4v) is 3.11. The van der Waals surface area contributed by atoms with Gasteiger partial charge in [0, 0.05) is 5.56 Å². The van der Waals surface area contributed by atoms with Gasteiger partial charge >= 0.3 is 0 Å². The summed E-state index contributed by atoms with van der Waals surface area (Å²) in [6, 6.07) is 19.7. The van der Waals surface area contributed by atoms with E-state index in [1.807, 2.05) is 67.6 Å². The molecule has 0 radical (unpaired) electrons. The van der Waals surface area contributed by atoms with Crippen LogP contribution in [0.1, 0.15) is 43.8 Å². The second-order valence-corrected chi connectivity index (χ2v) is 7.84. The van der Waals surface area contributed by atoms with Crippen LogP contribution in [0.4, 0.5) is 0 Å². The molecule has 0 saturated carbocycles. The zero-order chi connectivity index (χ0) is 19.4. The maximum Gasteiger partial charge on any atom is 0.226 e. The molecular weight excluding hydrogens is 336 g/mol. The molecule has 0 saturated heterocycles. The van der Waals surface area contributed by atoms with Crippen molar-refractivity contribution in [1.29, 1.82) is 0 Å². The molecule has 0 spiro atoms. The van der Waals surface area contributed by atoms with E-state index in [0.717, 1.165) is 11.1 Å². The van der Waals surface area contributed by atoms with Gasteiger partial charge in [-0.05, 0) is 30.0 Å². The summed E-state index contributed by atoms with van der Waals surface area (Å²) in [6.45, 7) is 8.22. The van der Waals surface area contributed by atoms with Gasteiger partial charge in [0.25, 0.3) is 0 Å². The quantitative estimate of drug-likeness (QED) is 0.687. The van der Waals surface area contributed by atoms with Crippen LogP contribution in [0.15, 0.2) is 65.1 Å². The molecule has 3 rings (SSSR count). The minimum Gasteiger partial charge on any atom is -0.441 e. The number of aryl methyl sites for hydroxylation is 1. The zero-order valence-electron chi connectivity index (χ0n) is 16.3. The van der Waals surface area contributed by atoms with Gasteiger partial charge in [-0.1, -0.05) is 69.3 Å². The third-order valence-electron chi connectivity index (χ3n) is 4.55. The van der Waals surface area contributed by atoms with Gasteiger partial charge in [0.15, 0.2) is 0 Å². The first-order valence-corrected chi connectivity index (χ1v) is 9.20. The van der Waals surface area contributed by atoms with E-state index < -0.39 is 0 Å². The second kappa shape index (κ2) is 7.78. The van der Waals surface area contributed by atoms with Crippen molar-refractivity contribution in [2.75, 3.05) is 0 Å². The summed E-state index contributed by atoms with van der Waals surface area (Å²) in [4.78, 5) is 17.3. The van der Waals surface area contributed by atoms with E-state index in [1.165, 1.54) is 0 Å². The minimum atomic E-state index is -0.106. The average Bonchev–Trinajstić information content (AvgIpc) is 3.01. The zero-order valence-corrected chi connectivity index (χ0v) is 16.3. The first-order chi connectivity index (χ1) is 12.8. The van der Waals surface area contributed by atoms with Gasteiger partial charge < -0.3 is 9.73 Å². The molecule has 27 heavy (non-hydrogen) atoms. The number of carbonyl (C=O) groups excluding carboxylic acids is 1. The van der Waals surface area contributed by atoms with Crippen LogP contribution in [-0.2, 0) is 11.2 Å². The van der Waals surface area contributed by atoms with E-state index in [0.29, 0.717) is 17.3 Å². The molecule has 1 heterocycles. The Labute approximate surface area is 160 Å². The summed E-state index contributed by atoms with van der Waals surface area (Å²) in [5.74, 6) is 1.16. The number of benzene rings is 2. The molecule has 0 aliphatic carbocycles. The highest BCUT2D eigenvalue weighted by molar-refractivity contribution is 5.79. The monoisotopic (exact) mass is 362 g/mol. The van der Waals surface area contributed by atoms with Crippen molar-refractivity contribution in [2.45, 2.75) is 40.2 Å². The topological polar surface area (TPSA) is 55.1 Å². The number of nitrogens with zero attached hydrogens (tertiary/aromatic N) is 1. The first kappa shape index (κ1) is 18.9. The molecule has 3 aromatic rings. The SMILES string of the molecule is Cc1oc(-c2ccccc2)nc1CC(=O)NC(c1ccccc1)C(C)(C)C. The maximum atomic E-state index is 12.7. The summed E-state index contributed by atoms with van der Waals surface area (Å²) in [6.07, 6.45) is 0.196. The van der Waals surface area contributed by atoms with E-state index in [2.05, 4.69) is 31.1 Å². The van der Waals surface area contributed by atoms with E-state index >= 15 is 0 Å². The van der Waals surface area contributed by atoms with Gasteiger partial charge in [0.2, 0.25) is 11.8 Å². The van der Waals surface area contributed by atoms with Gasteiger partial charge in [-0.25, -0.2) is 4.98 Å². The van der Waals surface area contributed by atoms with Crippen molar-refractivity contribution in [2.24, 2.45) is 5.41 Å². The summed E-state index contributed by atoms with van der Waals surface area (Å²) in [5.41, 5.74) is 2.57. The van der Waals surface area contributed by atoms with E-state index in [4.69, 9.17) is 4.42 Å². The lowest BCUT2D eigenvalue weighted by Crippen LogP contribution is -2.37. The highest BCUT2D eigenvalue weighted by Crippen LogP contribution is 2.32. The molecule has 0 aliphatic rings. The molecule has 4 heteroatoms. The molecule has 0 bridgehead atoms. The Morgan fingerprint density at radius 3 is 2.22 bits per heavy atom. The first-order valence-electron chi connectivity index (χ1n) is 9.20. The van der Waals surface area contributed by atoms with Crippen molar-refractivity contribution in [1.82, 2.24) is 10.3 Å². The fourth-order valence-electron chi connectivity index (χ4n) is 3.11. The van der Waals surface area contributed by atoms with E-state index in [1.54, 1.807) is 0 Å². The number of rotatable bonds is 5. The molecule has 1 amide bonds. The van der Waals surface area contributed by atoms with Crippen molar-refractivity contribution >= 4 is 5.91 Å². The Bertz CT molecular complexity index is 893. The lowest BCUT2D eigenvalue weighted by atomic mass is 9.82. The molecule has 1 aromatic heterocycles. The number of aromatic nitrogens is 1. The number of amides is 1. The van der Waals surface area contributed by atoms with Gasteiger partial charge in [-0.15, -0.1) is 0 Å². The summed E-state index contributed by atoms with van der Waals surface area (Å²) >= 11 is 0. The van der Waals surface area contributed by atoms with Crippen LogP contribution in [0.2, 0.25) is 0 Å². The van der Waals surface area contributed by atoms with Gasteiger partial charge in [-0.3, -0.25) is 4.79 Å². The van der Waals surface area contributed by atoms with Crippen LogP contribution in [0.3, 0.4) is 0 Å². The van der Waals surface area contributed by atoms with Crippen molar-refractivity contribution < 1.29 is 9.21 Å². The lowest BCUT2D eigenvalue weighted by molar-refractivity contribution is -0.122. The Hall–Kier alpha value is -2.88. The highest BCUT2D eigenvalue weighted by Gasteiger charge is 2.28. The Balaban J connectivity index is 1.76. The van der Waals surface area contributed by atoms with Crippen molar-refractivity contribution in [3.05, 3.63) is 77.7 Å². The Kier molecular flexibility index (Phi) is 5.45. The smallest absolute Gasteiger partial charge is 0.226 e. The molecule has 140 valence electrons. The third-order valence-corrected chi connectivity index (χ3v) is 4.55. The molecule has 0 fully saturated rings. The van der Waals surface area contributed by atoms with Crippen molar-refractivity contribution in [3.63, 3.8) is 0 Å². The van der Waals surface area contributed by atoms with Gasteiger partial charge in [-0.2, -0.15) is 0 Å². The van der Waals surface area contributed by atoms with E-state index in [9.17, 15) is 4.79 Å². The second-order valence-electron chi connectivity index (χ2n) is 7.84. The maximum absolute atomic E-state index is 12.7. The van der Waals surface area contributed by atoms with Crippen LogP contribution in [0.5, 0.6) is 0 Å². The summed E-state index contributed by atoms with van der Waals surface area (Å²) < 4.78 is 5.77. The molecule has 1 unspecified atom stereocenters. The Morgan fingerprint density at radius 2 is 1.63 bits per heavy atom. The lowest BCUT2D eigenvalue weighted by Gasteiger charge is -2.32. The fraction of sp³-hybridized carbons (Fsp3) is 0.304. The van der Waals surface area contributed by atoms with Crippen LogP contribution in [-0.4, -0.2) is 10.9 Å². The standard InChI is InChI=1S/C23H26N2O2/c1-16-19(24-22(27-16)18-13-9-6-10-14-18)15-20(26)25-21(23(2,3)4)17-11-7-5-8-12-17/h5-14,21H,15H2,1-4H3,(H,25,26). The number of nitrogens with one attached hydrogen (secondary N) is 1. The Morgan fingerprint density at radius 1 is 1.04 bits per heavy atom. The average molecular weight is 362 g/mol. The van der Waals surface area contributed by atoms with Crippen LogP contribution >= 0.6 is 0 Å².